The summed E-state index contributed by atoms with van der Waals surface area (Å²) in [4.78, 5) is 1.81. The van der Waals surface area contributed by atoms with Gasteiger partial charge in [0.1, 0.15) is 12.1 Å². The lowest BCUT2D eigenvalue weighted by Crippen LogP contribution is -2.31. The van der Waals surface area contributed by atoms with Crippen LogP contribution in [0.15, 0.2) is 12.4 Å². The smallest absolute Gasteiger partial charge is 0.180 e. The molecule has 0 aliphatic rings. The maximum Gasteiger partial charge on any atom is 0.180 e. The van der Waals surface area contributed by atoms with Crippen LogP contribution in [0.2, 0.25) is 0 Å². The van der Waals surface area contributed by atoms with Crippen molar-refractivity contribution >= 4 is 11.5 Å². The fourth-order valence-corrected chi connectivity index (χ4v) is 1.70. The standard InChI is InChI=1S/C10H15N5O2/c1-8-6-9(14(2-4-16)3-5-17)13-15-7-11-12-10(8)15/h6-7,16-17H,2-5H2,1H3. The number of fused-ring (bicyclic) bond motifs is 1. The predicted molar refractivity (Wildman–Crippen MR) is 61.9 cm³/mol. The van der Waals surface area contributed by atoms with Crippen molar-refractivity contribution in [2.24, 2.45) is 0 Å². The molecule has 0 atom stereocenters. The van der Waals surface area contributed by atoms with Crippen LogP contribution in [-0.2, 0) is 0 Å². The van der Waals surface area contributed by atoms with Crippen LogP contribution in [0, 0.1) is 6.92 Å². The molecule has 0 saturated heterocycles. The molecule has 0 aromatic carbocycles. The van der Waals surface area contributed by atoms with Crippen LogP contribution in [-0.4, -0.2) is 56.3 Å². The Morgan fingerprint density at radius 3 is 2.65 bits per heavy atom. The quantitative estimate of drug-likeness (QED) is 0.709. The van der Waals surface area contributed by atoms with E-state index in [-0.39, 0.29) is 13.2 Å². The van der Waals surface area contributed by atoms with Gasteiger partial charge in [0.05, 0.1) is 13.2 Å². The molecular formula is C10H15N5O2. The van der Waals surface area contributed by atoms with E-state index in [0.717, 1.165) is 5.56 Å². The summed E-state index contributed by atoms with van der Waals surface area (Å²) in [5, 5.41) is 30.0. The van der Waals surface area contributed by atoms with Crippen LogP contribution in [0.4, 0.5) is 5.82 Å². The summed E-state index contributed by atoms with van der Waals surface area (Å²) >= 11 is 0. The minimum absolute atomic E-state index is 0.0148. The van der Waals surface area contributed by atoms with Crippen LogP contribution >= 0.6 is 0 Å². The van der Waals surface area contributed by atoms with Crippen molar-refractivity contribution in [3.05, 3.63) is 18.0 Å². The van der Waals surface area contributed by atoms with Gasteiger partial charge in [0.15, 0.2) is 5.65 Å². The van der Waals surface area contributed by atoms with E-state index in [1.165, 1.54) is 6.33 Å². The second kappa shape index (κ2) is 5.07. The van der Waals surface area contributed by atoms with Crippen LogP contribution in [0.5, 0.6) is 0 Å². The lowest BCUT2D eigenvalue weighted by molar-refractivity contribution is 0.280. The molecule has 0 radical (unpaired) electrons. The maximum atomic E-state index is 8.98. The molecule has 92 valence electrons. The highest BCUT2D eigenvalue weighted by Crippen LogP contribution is 2.14. The highest BCUT2D eigenvalue weighted by molar-refractivity contribution is 5.51. The summed E-state index contributed by atoms with van der Waals surface area (Å²) in [5.74, 6) is 0.693. The van der Waals surface area contributed by atoms with Gasteiger partial charge in [0.2, 0.25) is 0 Å². The summed E-state index contributed by atoms with van der Waals surface area (Å²) in [7, 11) is 0. The lowest BCUT2D eigenvalue weighted by atomic mass is 10.3. The van der Waals surface area contributed by atoms with Gasteiger partial charge in [0.25, 0.3) is 0 Å². The first-order chi connectivity index (χ1) is 8.26. The Hall–Kier alpha value is -1.73. The third-order valence-electron chi connectivity index (χ3n) is 2.50. The Kier molecular flexibility index (Phi) is 3.50. The fraction of sp³-hybridized carbons (Fsp3) is 0.500. The zero-order chi connectivity index (χ0) is 12.3. The van der Waals surface area contributed by atoms with Crippen molar-refractivity contribution in [2.75, 3.05) is 31.2 Å². The van der Waals surface area contributed by atoms with Crippen molar-refractivity contribution in [2.45, 2.75) is 6.92 Å². The summed E-state index contributed by atoms with van der Waals surface area (Å²) in [6.07, 6.45) is 1.53. The van der Waals surface area contributed by atoms with Crippen molar-refractivity contribution in [1.82, 2.24) is 19.8 Å². The molecule has 0 unspecified atom stereocenters. The molecule has 2 rings (SSSR count). The molecule has 0 spiro atoms. The molecule has 0 bridgehead atoms. The molecule has 17 heavy (non-hydrogen) atoms. The number of hydrogen-bond donors (Lipinski definition) is 2. The number of rotatable bonds is 5. The Morgan fingerprint density at radius 1 is 1.29 bits per heavy atom. The molecule has 2 aromatic rings. The second-order valence-electron chi connectivity index (χ2n) is 3.72. The molecular weight excluding hydrogens is 222 g/mol. The van der Waals surface area contributed by atoms with E-state index in [1.807, 2.05) is 17.9 Å². The van der Waals surface area contributed by atoms with Gasteiger partial charge in [-0.2, -0.15) is 4.52 Å². The maximum absolute atomic E-state index is 8.98. The first-order valence-electron chi connectivity index (χ1n) is 5.40. The first-order valence-corrected chi connectivity index (χ1v) is 5.40. The van der Waals surface area contributed by atoms with E-state index < -0.39 is 0 Å². The highest BCUT2D eigenvalue weighted by Gasteiger charge is 2.10. The zero-order valence-corrected chi connectivity index (χ0v) is 9.61. The Bertz CT molecular complexity index is 492. The normalized spacial score (nSPS) is 11.0. The Balaban J connectivity index is 2.38. The van der Waals surface area contributed by atoms with Gasteiger partial charge in [-0.15, -0.1) is 15.3 Å². The van der Waals surface area contributed by atoms with Crippen LogP contribution in [0.1, 0.15) is 5.56 Å². The molecule has 7 heteroatoms. The first kappa shape index (κ1) is 11.7. The largest absolute Gasteiger partial charge is 0.395 e. The summed E-state index contributed by atoms with van der Waals surface area (Å²) < 4.78 is 1.59. The van der Waals surface area contributed by atoms with E-state index in [2.05, 4.69) is 15.3 Å². The zero-order valence-electron chi connectivity index (χ0n) is 9.61. The fourth-order valence-electron chi connectivity index (χ4n) is 1.70. The number of aliphatic hydroxyl groups excluding tert-OH is 2. The lowest BCUT2D eigenvalue weighted by Gasteiger charge is -2.21. The molecule has 0 amide bonds. The van der Waals surface area contributed by atoms with Gasteiger partial charge in [-0.05, 0) is 18.6 Å². The van der Waals surface area contributed by atoms with E-state index in [0.29, 0.717) is 24.6 Å². The minimum Gasteiger partial charge on any atom is -0.395 e. The number of hydrogen-bond acceptors (Lipinski definition) is 6. The van der Waals surface area contributed by atoms with Crippen molar-refractivity contribution in [1.29, 1.82) is 0 Å². The van der Waals surface area contributed by atoms with Gasteiger partial charge >= 0.3 is 0 Å². The molecule has 7 nitrogen and oxygen atoms in total. The Morgan fingerprint density at radius 2 is 2.00 bits per heavy atom. The van der Waals surface area contributed by atoms with E-state index >= 15 is 0 Å². The number of nitrogens with zero attached hydrogens (tertiary/aromatic N) is 5. The topological polar surface area (TPSA) is 86.8 Å². The SMILES string of the molecule is Cc1cc(N(CCO)CCO)nn2cnnc12. The van der Waals surface area contributed by atoms with Crippen LogP contribution in [0.25, 0.3) is 5.65 Å². The molecule has 0 fully saturated rings. The van der Waals surface area contributed by atoms with Crippen molar-refractivity contribution in [3.8, 4) is 0 Å². The summed E-state index contributed by atoms with van der Waals surface area (Å²) in [5.41, 5.74) is 1.66. The van der Waals surface area contributed by atoms with Gasteiger partial charge in [-0.1, -0.05) is 0 Å². The summed E-state index contributed by atoms with van der Waals surface area (Å²) in [6.45, 7) is 2.81. The van der Waals surface area contributed by atoms with Gasteiger partial charge < -0.3 is 15.1 Å². The minimum atomic E-state index is 0.0148. The van der Waals surface area contributed by atoms with E-state index in [9.17, 15) is 0 Å². The van der Waals surface area contributed by atoms with Gasteiger partial charge in [0, 0.05) is 13.1 Å². The average molecular weight is 237 g/mol. The van der Waals surface area contributed by atoms with Crippen molar-refractivity contribution in [3.63, 3.8) is 0 Å². The molecule has 2 N–H and O–H groups in total. The van der Waals surface area contributed by atoms with E-state index in [1.54, 1.807) is 4.52 Å². The summed E-state index contributed by atoms with van der Waals surface area (Å²) in [6, 6.07) is 1.87. The molecule has 2 aromatic heterocycles. The Labute approximate surface area is 98.3 Å². The third kappa shape index (κ3) is 2.34. The second-order valence-corrected chi connectivity index (χ2v) is 3.72. The molecule has 0 aliphatic heterocycles. The number of anilines is 1. The average Bonchev–Trinajstić information content (AvgIpc) is 2.77. The van der Waals surface area contributed by atoms with Gasteiger partial charge in [-0.25, -0.2) is 0 Å². The number of aryl methyl sites for hydroxylation is 1. The monoisotopic (exact) mass is 237 g/mol. The van der Waals surface area contributed by atoms with E-state index in [4.69, 9.17) is 10.2 Å². The molecule has 0 saturated carbocycles. The van der Waals surface area contributed by atoms with Crippen molar-refractivity contribution < 1.29 is 10.2 Å². The molecule has 2 heterocycles. The highest BCUT2D eigenvalue weighted by atomic mass is 16.3. The number of aromatic nitrogens is 4. The molecule has 0 aliphatic carbocycles. The van der Waals surface area contributed by atoms with Crippen LogP contribution < -0.4 is 4.90 Å². The van der Waals surface area contributed by atoms with Gasteiger partial charge in [-0.3, -0.25) is 0 Å². The predicted octanol–water partition coefficient (Wildman–Crippen LogP) is -0.776. The number of aliphatic hydroxyl groups is 2. The third-order valence-corrected chi connectivity index (χ3v) is 2.50. The van der Waals surface area contributed by atoms with Crippen LogP contribution in [0.3, 0.4) is 0 Å².